The molecule has 1 aromatic rings. The van der Waals surface area contributed by atoms with Crippen molar-refractivity contribution in [3.63, 3.8) is 0 Å². The second kappa shape index (κ2) is 6.65. The van der Waals surface area contributed by atoms with Gasteiger partial charge < -0.3 is 19.8 Å². The fraction of sp³-hybridized carbons (Fsp3) is 0.579. The van der Waals surface area contributed by atoms with E-state index in [1.54, 1.807) is 6.07 Å². The summed E-state index contributed by atoms with van der Waals surface area (Å²) in [5.74, 6) is 1.75. The van der Waals surface area contributed by atoms with E-state index in [-0.39, 0.29) is 0 Å². The van der Waals surface area contributed by atoms with Crippen LogP contribution < -0.4 is 0 Å². The van der Waals surface area contributed by atoms with Crippen LogP contribution in [0.2, 0.25) is 0 Å². The summed E-state index contributed by atoms with van der Waals surface area (Å²) in [6.07, 6.45) is 1.25. The van der Waals surface area contributed by atoms with Gasteiger partial charge in [-0.05, 0) is 37.3 Å². The third-order valence-electron chi connectivity index (χ3n) is 5.46. The number of likely N-dealkylation sites (N-methyl/N-ethyl adjacent to an activating group) is 1. The molecule has 1 atom stereocenters. The first-order valence-electron chi connectivity index (χ1n) is 9.36. The van der Waals surface area contributed by atoms with E-state index in [0.717, 1.165) is 29.6 Å². The van der Waals surface area contributed by atoms with Crippen molar-refractivity contribution < 1.29 is 18.3 Å². The molecule has 0 radical (unpaired) electrons. The number of rotatable bonds is 5. The number of aliphatic hydroxyl groups is 1. The average Bonchev–Trinajstić information content (AvgIpc) is 3.34. The number of hydrogen-bond donors (Lipinski definition) is 1. The Kier molecular flexibility index (Phi) is 4.52. The Morgan fingerprint density at radius 1 is 1.25 bits per heavy atom. The molecule has 1 N–H and O–H groups in total. The van der Waals surface area contributed by atoms with Gasteiger partial charge in [-0.15, -0.1) is 0 Å². The number of amidine groups is 1. The molecule has 0 saturated heterocycles. The smallest absolute Gasteiger partial charge is 0.375 e. The first-order chi connectivity index (χ1) is 13.1. The quantitative estimate of drug-likeness (QED) is 0.830. The molecule has 0 bridgehead atoms. The van der Waals surface area contributed by atoms with Gasteiger partial charge >= 0.3 is 6.18 Å². The number of hydrogen-bond acceptors (Lipinski definition) is 6. The first-order valence-corrected chi connectivity index (χ1v) is 9.36. The third-order valence-corrected chi connectivity index (χ3v) is 5.46. The largest absolute Gasteiger partial charge is 0.422 e. The minimum Gasteiger partial charge on any atom is -0.375 e. The molecular weight excluding hydrogens is 371 g/mol. The van der Waals surface area contributed by atoms with Crippen molar-refractivity contribution in [3.8, 4) is 0 Å². The first kappa shape index (κ1) is 19.0. The van der Waals surface area contributed by atoms with Gasteiger partial charge in [-0.2, -0.15) is 13.2 Å². The molecule has 152 valence electrons. The summed E-state index contributed by atoms with van der Waals surface area (Å²) in [5, 5.41) is 9.75. The van der Waals surface area contributed by atoms with Crippen molar-refractivity contribution in [2.45, 2.75) is 38.1 Å². The summed E-state index contributed by atoms with van der Waals surface area (Å²) in [6.45, 7) is 3.57. The summed E-state index contributed by atoms with van der Waals surface area (Å²) >= 11 is 0. The number of halogens is 3. The molecule has 1 saturated carbocycles. The molecule has 4 rings (SSSR count). The molecule has 1 aromatic heterocycles. The topological polar surface area (TPSA) is 55.2 Å². The molecule has 0 aromatic carbocycles. The lowest BCUT2D eigenvalue weighted by molar-refractivity contribution is -0.260. The Hall–Kier alpha value is -2.29. The second-order valence-electron chi connectivity index (χ2n) is 8.01. The van der Waals surface area contributed by atoms with Crippen LogP contribution in [-0.4, -0.2) is 63.7 Å². The summed E-state index contributed by atoms with van der Waals surface area (Å²) in [4.78, 5) is 15.0. The van der Waals surface area contributed by atoms with Gasteiger partial charge in [-0.1, -0.05) is 6.07 Å². The number of aromatic nitrogens is 1. The average molecular weight is 395 g/mol. The lowest BCUT2D eigenvalue weighted by atomic mass is 10.0. The SMILES string of the molecule is CN1CN(Cc2ccc(C(C)(O)C(F)(F)F)nc2)C=C2C1=NCN2CC1CC1. The van der Waals surface area contributed by atoms with Gasteiger partial charge in [-0.3, -0.25) is 4.98 Å². The monoisotopic (exact) mass is 395 g/mol. The van der Waals surface area contributed by atoms with Crippen LogP contribution in [0.1, 0.15) is 31.0 Å². The normalized spacial score (nSPS) is 22.0. The van der Waals surface area contributed by atoms with Gasteiger partial charge in [0.1, 0.15) is 6.67 Å². The van der Waals surface area contributed by atoms with E-state index in [1.165, 1.54) is 25.1 Å². The van der Waals surface area contributed by atoms with Crippen LogP contribution in [0, 0.1) is 5.92 Å². The predicted octanol–water partition coefficient (Wildman–Crippen LogP) is 2.48. The van der Waals surface area contributed by atoms with E-state index in [1.807, 2.05) is 7.05 Å². The number of nitrogens with zero attached hydrogens (tertiary/aromatic N) is 5. The van der Waals surface area contributed by atoms with Crippen molar-refractivity contribution in [1.29, 1.82) is 0 Å². The molecule has 1 aliphatic carbocycles. The van der Waals surface area contributed by atoms with Crippen LogP contribution in [0.15, 0.2) is 35.2 Å². The Balaban J connectivity index is 1.48. The van der Waals surface area contributed by atoms with E-state index in [2.05, 4.69) is 30.9 Å². The van der Waals surface area contributed by atoms with Crippen molar-refractivity contribution >= 4 is 5.84 Å². The Labute approximate surface area is 162 Å². The maximum atomic E-state index is 13.0. The van der Waals surface area contributed by atoms with E-state index in [9.17, 15) is 18.3 Å². The van der Waals surface area contributed by atoms with Crippen LogP contribution in [0.5, 0.6) is 0 Å². The molecule has 3 aliphatic rings. The Morgan fingerprint density at radius 2 is 2.00 bits per heavy atom. The van der Waals surface area contributed by atoms with E-state index in [0.29, 0.717) is 26.8 Å². The standard InChI is InChI=1S/C19H24F3N5O/c1-18(28,19(20,21)22)16-6-5-14(7-23-16)8-26-10-15-17(25(2)12-26)24-11-27(15)9-13-3-4-13/h5-7,10,13,28H,3-4,8-9,11-12H2,1-2H3. The van der Waals surface area contributed by atoms with E-state index in [4.69, 9.17) is 0 Å². The zero-order valence-electron chi connectivity index (χ0n) is 15.9. The molecule has 2 aliphatic heterocycles. The molecule has 28 heavy (non-hydrogen) atoms. The van der Waals surface area contributed by atoms with Crippen LogP contribution in [0.3, 0.4) is 0 Å². The minimum atomic E-state index is -4.77. The van der Waals surface area contributed by atoms with Crippen molar-refractivity contribution in [2.24, 2.45) is 10.9 Å². The van der Waals surface area contributed by atoms with Gasteiger partial charge in [0.05, 0.1) is 18.1 Å². The van der Waals surface area contributed by atoms with Crippen LogP contribution in [0.25, 0.3) is 0 Å². The van der Waals surface area contributed by atoms with Crippen molar-refractivity contribution in [3.05, 3.63) is 41.5 Å². The number of aliphatic imine (C=N–C) groups is 1. The van der Waals surface area contributed by atoms with Crippen LogP contribution in [0.4, 0.5) is 13.2 Å². The summed E-state index contributed by atoms with van der Waals surface area (Å²) in [6, 6.07) is 2.83. The maximum Gasteiger partial charge on any atom is 0.422 e. The molecule has 1 fully saturated rings. The van der Waals surface area contributed by atoms with Gasteiger partial charge in [0.25, 0.3) is 0 Å². The number of fused-ring (bicyclic) bond motifs is 1. The zero-order valence-corrected chi connectivity index (χ0v) is 15.9. The second-order valence-corrected chi connectivity index (χ2v) is 8.01. The van der Waals surface area contributed by atoms with E-state index >= 15 is 0 Å². The lowest BCUT2D eigenvalue weighted by Gasteiger charge is -2.35. The highest BCUT2D eigenvalue weighted by Gasteiger charge is 2.52. The van der Waals surface area contributed by atoms with Crippen molar-refractivity contribution in [2.75, 3.05) is 26.9 Å². The number of pyridine rings is 1. The predicted molar refractivity (Wildman–Crippen MR) is 97.9 cm³/mol. The third kappa shape index (κ3) is 3.55. The molecule has 0 amide bonds. The molecule has 3 heterocycles. The van der Waals surface area contributed by atoms with Crippen LogP contribution >= 0.6 is 0 Å². The highest BCUT2D eigenvalue weighted by Crippen LogP contribution is 2.37. The highest BCUT2D eigenvalue weighted by molar-refractivity contribution is 5.99. The Morgan fingerprint density at radius 3 is 2.61 bits per heavy atom. The molecule has 1 unspecified atom stereocenters. The van der Waals surface area contributed by atoms with Gasteiger partial charge in [-0.25, -0.2) is 4.99 Å². The van der Waals surface area contributed by atoms with Gasteiger partial charge in [0.2, 0.25) is 0 Å². The van der Waals surface area contributed by atoms with Crippen LogP contribution in [-0.2, 0) is 12.1 Å². The van der Waals surface area contributed by atoms with E-state index < -0.39 is 17.5 Å². The van der Waals surface area contributed by atoms with Gasteiger partial charge in [0, 0.05) is 32.5 Å². The summed E-state index contributed by atoms with van der Waals surface area (Å²) < 4.78 is 38.9. The minimum absolute atomic E-state index is 0.404. The van der Waals surface area contributed by atoms with Crippen molar-refractivity contribution in [1.82, 2.24) is 19.7 Å². The zero-order chi connectivity index (χ0) is 20.1. The summed E-state index contributed by atoms with van der Waals surface area (Å²) in [5.41, 5.74) is -1.49. The molecule has 0 spiro atoms. The fourth-order valence-corrected chi connectivity index (χ4v) is 3.51. The van der Waals surface area contributed by atoms with Gasteiger partial charge in [0.15, 0.2) is 11.4 Å². The number of alkyl halides is 3. The molecular formula is C19H24F3N5O. The highest BCUT2D eigenvalue weighted by atomic mass is 19.4. The lowest BCUT2D eigenvalue weighted by Crippen LogP contribution is -2.43. The molecule has 6 nitrogen and oxygen atoms in total. The maximum absolute atomic E-state index is 13.0. The Bertz CT molecular complexity index is 799. The summed E-state index contributed by atoms with van der Waals surface area (Å²) in [7, 11) is 1.99. The molecule has 9 heteroatoms. The fourth-order valence-electron chi connectivity index (χ4n) is 3.51.